The summed E-state index contributed by atoms with van der Waals surface area (Å²) in [5.41, 5.74) is 0.390. The smallest absolute Gasteiger partial charge is 0.491 e. The molecule has 0 aromatic carbocycles. The molecule has 1 aliphatic heterocycles. The van der Waals surface area contributed by atoms with E-state index in [1.165, 1.54) is 6.07 Å². The van der Waals surface area contributed by atoms with Gasteiger partial charge in [-0.25, -0.2) is 4.98 Å². The number of hydrogen-bond acceptors (Lipinski definition) is 5. The second-order valence-corrected chi connectivity index (χ2v) is 6.76. The number of nitrogens with one attached hydrogen (secondary N) is 1. The number of hydrogen-bond donors (Lipinski definition) is 2. The van der Waals surface area contributed by atoms with Crippen LogP contribution in [0.1, 0.15) is 33.4 Å². The molecule has 7 heteroatoms. The van der Waals surface area contributed by atoms with Crippen molar-refractivity contribution in [2.75, 3.05) is 13.6 Å². The van der Waals surface area contributed by atoms with Crippen LogP contribution in [0, 0.1) is 0 Å². The van der Waals surface area contributed by atoms with Crippen molar-refractivity contribution in [3.05, 3.63) is 28.5 Å². The number of halogens is 1. The van der Waals surface area contributed by atoms with Gasteiger partial charge < -0.3 is 19.7 Å². The predicted octanol–water partition coefficient (Wildman–Crippen LogP) is 2.67. The van der Waals surface area contributed by atoms with Crippen molar-refractivity contribution in [1.82, 2.24) is 10.3 Å². The van der Waals surface area contributed by atoms with Crippen LogP contribution in [0.2, 0.25) is 5.15 Å². The summed E-state index contributed by atoms with van der Waals surface area (Å²) in [5.74, 6) is 0.0644. The highest BCUT2D eigenvalue weighted by atomic mass is 35.5. The Bertz CT molecular complexity index is 574. The number of aromatic hydroxyl groups is 1. The molecule has 0 atom stereocenters. The fourth-order valence-corrected chi connectivity index (χ4v) is 2.28. The molecule has 1 fully saturated rings. The zero-order valence-corrected chi connectivity index (χ0v) is 14.4. The highest BCUT2D eigenvalue weighted by Gasteiger charge is 2.52. The van der Waals surface area contributed by atoms with E-state index in [4.69, 9.17) is 20.9 Å². The third-order valence-corrected chi connectivity index (χ3v) is 4.34. The van der Waals surface area contributed by atoms with E-state index in [1.807, 2.05) is 34.7 Å². The Kier molecular flexibility index (Phi) is 4.87. The van der Waals surface area contributed by atoms with E-state index in [9.17, 15) is 5.11 Å². The molecule has 0 unspecified atom stereocenters. The quantitative estimate of drug-likeness (QED) is 0.658. The zero-order chi connectivity index (χ0) is 16.5. The van der Waals surface area contributed by atoms with Crippen LogP contribution >= 0.6 is 11.6 Å². The Balaban J connectivity index is 2.35. The summed E-state index contributed by atoms with van der Waals surface area (Å²) in [6.45, 7) is 8.54. The van der Waals surface area contributed by atoms with Gasteiger partial charge in [-0.2, -0.15) is 0 Å². The Hall–Kier alpha value is -1.08. The molecule has 22 heavy (non-hydrogen) atoms. The molecule has 1 aromatic heterocycles. The van der Waals surface area contributed by atoms with E-state index in [1.54, 1.807) is 12.1 Å². The maximum Gasteiger partial charge on any atom is 0.491 e. The van der Waals surface area contributed by atoms with E-state index in [-0.39, 0.29) is 5.75 Å². The van der Waals surface area contributed by atoms with Crippen molar-refractivity contribution in [2.24, 2.45) is 0 Å². The lowest BCUT2D eigenvalue weighted by atomic mass is 9.77. The van der Waals surface area contributed by atoms with Gasteiger partial charge in [0.1, 0.15) is 16.6 Å². The summed E-state index contributed by atoms with van der Waals surface area (Å²) >= 11 is 5.90. The van der Waals surface area contributed by atoms with Crippen LogP contribution in [0.5, 0.6) is 5.75 Å². The van der Waals surface area contributed by atoms with Gasteiger partial charge in [0.05, 0.1) is 11.2 Å². The largest absolute Gasteiger partial charge is 0.506 e. The number of rotatable bonds is 4. The second kappa shape index (κ2) is 6.20. The van der Waals surface area contributed by atoms with Crippen molar-refractivity contribution in [3.63, 3.8) is 0 Å². The van der Waals surface area contributed by atoms with Gasteiger partial charge in [-0.1, -0.05) is 11.6 Å². The summed E-state index contributed by atoms with van der Waals surface area (Å²) in [4.78, 5) is 4.14. The molecule has 1 aliphatic rings. The van der Waals surface area contributed by atoms with Gasteiger partial charge in [0.15, 0.2) is 0 Å². The Morgan fingerprint density at radius 1 is 1.32 bits per heavy atom. The van der Waals surface area contributed by atoms with Gasteiger partial charge in [-0.05, 0) is 58.4 Å². The van der Waals surface area contributed by atoms with Crippen LogP contribution in [-0.2, 0) is 9.31 Å². The molecule has 5 nitrogen and oxygen atoms in total. The van der Waals surface area contributed by atoms with Crippen LogP contribution in [0.4, 0.5) is 0 Å². The van der Waals surface area contributed by atoms with E-state index in [2.05, 4.69) is 10.3 Å². The molecule has 0 radical (unpaired) electrons. The number of nitrogens with zero attached hydrogens (tertiary/aromatic N) is 1. The highest BCUT2D eigenvalue weighted by Crippen LogP contribution is 2.38. The van der Waals surface area contributed by atoms with Gasteiger partial charge in [0, 0.05) is 6.54 Å². The van der Waals surface area contributed by atoms with E-state index < -0.39 is 18.3 Å². The molecule has 1 saturated heterocycles. The molecule has 0 amide bonds. The maximum absolute atomic E-state index is 9.93. The molecule has 2 heterocycles. The summed E-state index contributed by atoms with van der Waals surface area (Å²) in [6.07, 6.45) is 1.75. The fourth-order valence-electron chi connectivity index (χ4n) is 2.13. The zero-order valence-electron chi connectivity index (χ0n) is 13.6. The lowest BCUT2D eigenvalue weighted by molar-refractivity contribution is 0.00578. The van der Waals surface area contributed by atoms with E-state index >= 15 is 0 Å². The number of aromatic nitrogens is 1. The first-order valence-electron chi connectivity index (χ1n) is 7.22. The van der Waals surface area contributed by atoms with Crippen LogP contribution in [0.15, 0.2) is 17.6 Å². The minimum Gasteiger partial charge on any atom is -0.506 e. The molecule has 2 rings (SSSR count). The molecule has 2 N–H and O–H groups in total. The van der Waals surface area contributed by atoms with Crippen molar-refractivity contribution >= 4 is 24.8 Å². The van der Waals surface area contributed by atoms with Crippen molar-refractivity contribution in [2.45, 2.75) is 38.9 Å². The Morgan fingerprint density at radius 2 is 1.91 bits per heavy atom. The standard InChI is InChI=1S/C15H22BClN2O3/c1-14(2)15(3,4)22-16(21-14)10(9-18-5)8-11-12(20)6-7-13(17)19-11/h6-8,18,20H,9H2,1-5H3. The van der Waals surface area contributed by atoms with Gasteiger partial charge in [0.2, 0.25) is 0 Å². The lowest BCUT2D eigenvalue weighted by Gasteiger charge is -2.32. The van der Waals surface area contributed by atoms with Crippen LogP contribution in [0.25, 0.3) is 6.08 Å². The fraction of sp³-hybridized carbons (Fsp3) is 0.533. The first-order chi connectivity index (χ1) is 10.2. The van der Waals surface area contributed by atoms with Gasteiger partial charge in [-0.15, -0.1) is 0 Å². The SMILES string of the molecule is CNCC(=Cc1nc(Cl)ccc1O)B1OC(C)(C)C(C)(C)O1. The topological polar surface area (TPSA) is 63.6 Å². The third kappa shape index (κ3) is 3.46. The molecular formula is C15H22BClN2O3. The molecule has 0 bridgehead atoms. The third-order valence-electron chi connectivity index (χ3n) is 4.13. The van der Waals surface area contributed by atoms with Crippen molar-refractivity contribution in [3.8, 4) is 5.75 Å². The molecular weight excluding hydrogens is 302 g/mol. The predicted molar refractivity (Wildman–Crippen MR) is 88.9 cm³/mol. The van der Waals surface area contributed by atoms with E-state index in [0.717, 1.165) is 5.47 Å². The first kappa shape index (κ1) is 17.3. The maximum atomic E-state index is 9.93. The van der Waals surface area contributed by atoms with Crippen LogP contribution in [0.3, 0.4) is 0 Å². The Morgan fingerprint density at radius 3 is 2.45 bits per heavy atom. The van der Waals surface area contributed by atoms with Crippen LogP contribution < -0.4 is 5.32 Å². The van der Waals surface area contributed by atoms with Gasteiger partial charge >= 0.3 is 7.12 Å². The number of pyridine rings is 1. The molecule has 0 spiro atoms. The number of likely N-dealkylation sites (N-methyl/N-ethyl adjacent to an activating group) is 1. The van der Waals surface area contributed by atoms with Crippen LogP contribution in [-0.4, -0.2) is 42.0 Å². The lowest BCUT2D eigenvalue weighted by Crippen LogP contribution is -2.41. The summed E-state index contributed by atoms with van der Waals surface area (Å²) in [7, 11) is 1.34. The Labute approximate surface area is 136 Å². The average Bonchev–Trinajstić information content (AvgIpc) is 2.62. The van der Waals surface area contributed by atoms with E-state index in [0.29, 0.717) is 17.4 Å². The summed E-state index contributed by atoms with van der Waals surface area (Å²) in [6, 6.07) is 3.06. The van der Waals surface area contributed by atoms with Crippen molar-refractivity contribution < 1.29 is 14.4 Å². The normalized spacial score (nSPS) is 20.5. The monoisotopic (exact) mass is 324 g/mol. The molecule has 1 aromatic rings. The van der Waals surface area contributed by atoms with Gasteiger partial charge in [0.25, 0.3) is 0 Å². The van der Waals surface area contributed by atoms with Crippen molar-refractivity contribution in [1.29, 1.82) is 0 Å². The average molecular weight is 325 g/mol. The minimum atomic E-state index is -0.502. The molecule has 0 aliphatic carbocycles. The summed E-state index contributed by atoms with van der Waals surface area (Å²) in [5, 5.41) is 13.3. The highest BCUT2D eigenvalue weighted by molar-refractivity contribution is 6.55. The molecule has 120 valence electrons. The second-order valence-electron chi connectivity index (χ2n) is 6.38. The minimum absolute atomic E-state index is 0.0644. The summed E-state index contributed by atoms with van der Waals surface area (Å²) < 4.78 is 12.1. The first-order valence-corrected chi connectivity index (χ1v) is 7.60. The molecule has 0 saturated carbocycles. The van der Waals surface area contributed by atoms with Gasteiger partial charge in [-0.3, -0.25) is 0 Å².